The first-order chi connectivity index (χ1) is 9.10. The number of rotatable bonds is 5. The lowest BCUT2D eigenvalue weighted by Crippen LogP contribution is -2.28. The lowest BCUT2D eigenvalue weighted by atomic mass is 10.1. The molecule has 0 fully saturated rings. The van der Waals surface area contributed by atoms with Gasteiger partial charge in [-0.25, -0.2) is 0 Å². The SMILES string of the molecule is COc1cccc(OC(c2ccc(C)s2)C(C)N)c1. The highest BCUT2D eigenvalue weighted by Gasteiger charge is 2.20. The fraction of sp³-hybridized carbons (Fsp3) is 0.333. The Hall–Kier alpha value is -1.52. The molecular weight excluding hydrogens is 258 g/mol. The van der Waals surface area contributed by atoms with E-state index in [0.717, 1.165) is 16.4 Å². The summed E-state index contributed by atoms with van der Waals surface area (Å²) in [5, 5.41) is 0. The minimum Gasteiger partial charge on any atom is -0.497 e. The first-order valence-corrected chi connectivity index (χ1v) is 7.04. The molecule has 19 heavy (non-hydrogen) atoms. The van der Waals surface area contributed by atoms with E-state index in [-0.39, 0.29) is 12.1 Å². The van der Waals surface area contributed by atoms with Gasteiger partial charge in [0.05, 0.1) is 7.11 Å². The van der Waals surface area contributed by atoms with Crippen molar-refractivity contribution in [1.82, 2.24) is 0 Å². The van der Waals surface area contributed by atoms with Crippen LogP contribution in [0.3, 0.4) is 0 Å². The van der Waals surface area contributed by atoms with Gasteiger partial charge in [-0.2, -0.15) is 0 Å². The van der Waals surface area contributed by atoms with Gasteiger partial charge in [0, 0.05) is 21.9 Å². The molecule has 0 aliphatic heterocycles. The fourth-order valence-electron chi connectivity index (χ4n) is 1.85. The summed E-state index contributed by atoms with van der Waals surface area (Å²) in [5.74, 6) is 1.55. The average molecular weight is 277 g/mol. The van der Waals surface area contributed by atoms with Gasteiger partial charge in [-0.3, -0.25) is 0 Å². The standard InChI is InChI=1S/C15H19NO2S/c1-10-7-8-14(19-10)15(11(2)16)18-13-6-4-5-12(9-13)17-3/h4-9,11,15H,16H2,1-3H3. The average Bonchev–Trinajstić information content (AvgIpc) is 2.82. The van der Waals surface area contributed by atoms with Crippen LogP contribution in [0.5, 0.6) is 11.5 Å². The van der Waals surface area contributed by atoms with Crippen molar-refractivity contribution < 1.29 is 9.47 Å². The second-order valence-corrected chi connectivity index (χ2v) is 5.84. The normalized spacial score (nSPS) is 13.9. The van der Waals surface area contributed by atoms with Crippen LogP contribution in [0.4, 0.5) is 0 Å². The highest BCUT2D eigenvalue weighted by atomic mass is 32.1. The van der Waals surface area contributed by atoms with E-state index in [1.54, 1.807) is 18.4 Å². The monoisotopic (exact) mass is 277 g/mol. The Morgan fingerprint density at radius 2 is 1.89 bits per heavy atom. The van der Waals surface area contributed by atoms with Gasteiger partial charge in [0.2, 0.25) is 0 Å². The minimum atomic E-state index is -0.134. The van der Waals surface area contributed by atoms with E-state index >= 15 is 0 Å². The number of nitrogens with two attached hydrogens (primary N) is 1. The van der Waals surface area contributed by atoms with Crippen LogP contribution in [-0.4, -0.2) is 13.2 Å². The van der Waals surface area contributed by atoms with Crippen molar-refractivity contribution in [1.29, 1.82) is 0 Å². The Labute approximate surface area is 118 Å². The zero-order valence-electron chi connectivity index (χ0n) is 11.4. The molecule has 0 bridgehead atoms. The molecule has 2 aromatic rings. The van der Waals surface area contributed by atoms with E-state index in [0.29, 0.717) is 0 Å². The van der Waals surface area contributed by atoms with Crippen molar-refractivity contribution in [3.05, 3.63) is 46.2 Å². The molecule has 0 saturated carbocycles. The van der Waals surface area contributed by atoms with Gasteiger partial charge in [0.15, 0.2) is 0 Å². The van der Waals surface area contributed by atoms with Crippen molar-refractivity contribution >= 4 is 11.3 Å². The van der Waals surface area contributed by atoms with Gasteiger partial charge in [-0.1, -0.05) is 6.07 Å². The van der Waals surface area contributed by atoms with Crippen molar-refractivity contribution in [2.24, 2.45) is 5.73 Å². The molecule has 0 aliphatic carbocycles. The van der Waals surface area contributed by atoms with Crippen LogP contribution in [0, 0.1) is 6.92 Å². The van der Waals surface area contributed by atoms with Crippen molar-refractivity contribution in [2.45, 2.75) is 26.0 Å². The number of methoxy groups -OCH3 is 1. The van der Waals surface area contributed by atoms with Crippen LogP contribution < -0.4 is 15.2 Å². The van der Waals surface area contributed by atoms with Crippen LogP contribution in [-0.2, 0) is 0 Å². The van der Waals surface area contributed by atoms with Gasteiger partial charge < -0.3 is 15.2 Å². The molecule has 0 saturated heterocycles. The van der Waals surface area contributed by atoms with Gasteiger partial charge in [-0.15, -0.1) is 11.3 Å². The number of aryl methyl sites for hydroxylation is 1. The second-order valence-electron chi connectivity index (χ2n) is 4.52. The van der Waals surface area contributed by atoms with E-state index in [2.05, 4.69) is 19.1 Å². The molecule has 1 heterocycles. The Bertz CT molecular complexity index is 536. The zero-order chi connectivity index (χ0) is 13.8. The smallest absolute Gasteiger partial charge is 0.148 e. The second kappa shape index (κ2) is 6.08. The maximum atomic E-state index is 6.05. The van der Waals surface area contributed by atoms with E-state index in [1.807, 2.05) is 31.2 Å². The predicted molar refractivity (Wildman–Crippen MR) is 79.1 cm³/mol. The molecule has 2 rings (SSSR count). The molecule has 2 atom stereocenters. The van der Waals surface area contributed by atoms with Crippen LogP contribution >= 0.6 is 11.3 Å². The summed E-state index contributed by atoms with van der Waals surface area (Å²) in [5.41, 5.74) is 6.05. The van der Waals surface area contributed by atoms with E-state index in [1.165, 1.54) is 4.88 Å². The highest BCUT2D eigenvalue weighted by molar-refractivity contribution is 7.12. The molecule has 0 spiro atoms. The summed E-state index contributed by atoms with van der Waals surface area (Å²) >= 11 is 1.72. The third-order valence-corrected chi connectivity index (χ3v) is 3.89. The van der Waals surface area contributed by atoms with Gasteiger partial charge in [-0.05, 0) is 38.1 Å². The summed E-state index contributed by atoms with van der Waals surface area (Å²) in [4.78, 5) is 2.41. The molecule has 1 aromatic carbocycles. The number of benzene rings is 1. The summed E-state index contributed by atoms with van der Waals surface area (Å²) in [7, 11) is 1.64. The van der Waals surface area contributed by atoms with Crippen LogP contribution in [0.2, 0.25) is 0 Å². The predicted octanol–water partition coefficient (Wildman–Crippen LogP) is 3.53. The fourth-order valence-corrected chi connectivity index (χ4v) is 2.87. The summed E-state index contributed by atoms with van der Waals surface area (Å²) in [6, 6.07) is 11.7. The first kappa shape index (κ1) is 13.9. The quantitative estimate of drug-likeness (QED) is 0.909. The van der Waals surface area contributed by atoms with Gasteiger partial charge in [0.1, 0.15) is 17.6 Å². The maximum absolute atomic E-state index is 6.05. The Balaban J connectivity index is 2.21. The van der Waals surface area contributed by atoms with Crippen LogP contribution in [0.15, 0.2) is 36.4 Å². The summed E-state index contributed by atoms with van der Waals surface area (Å²) in [6.45, 7) is 4.04. The van der Waals surface area contributed by atoms with Crippen LogP contribution in [0.1, 0.15) is 22.8 Å². The lowest BCUT2D eigenvalue weighted by Gasteiger charge is -2.21. The van der Waals surface area contributed by atoms with E-state index in [4.69, 9.17) is 15.2 Å². The van der Waals surface area contributed by atoms with Gasteiger partial charge in [0.25, 0.3) is 0 Å². The van der Waals surface area contributed by atoms with Crippen molar-refractivity contribution in [2.75, 3.05) is 7.11 Å². The molecule has 0 amide bonds. The van der Waals surface area contributed by atoms with E-state index < -0.39 is 0 Å². The third-order valence-electron chi connectivity index (χ3n) is 2.82. The topological polar surface area (TPSA) is 44.5 Å². The van der Waals surface area contributed by atoms with E-state index in [9.17, 15) is 0 Å². The van der Waals surface area contributed by atoms with Crippen molar-refractivity contribution in [3.63, 3.8) is 0 Å². The van der Waals surface area contributed by atoms with Gasteiger partial charge >= 0.3 is 0 Å². The minimum absolute atomic E-state index is 0.0794. The van der Waals surface area contributed by atoms with Crippen LogP contribution in [0.25, 0.3) is 0 Å². The molecule has 0 aliphatic rings. The lowest BCUT2D eigenvalue weighted by molar-refractivity contribution is 0.183. The number of hydrogen-bond acceptors (Lipinski definition) is 4. The number of hydrogen-bond donors (Lipinski definition) is 1. The zero-order valence-corrected chi connectivity index (χ0v) is 12.2. The first-order valence-electron chi connectivity index (χ1n) is 6.23. The number of ether oxygens (including phenoxy) is 2. The molecule has 102 valence electrons. The molecule has 4 heteroatoms. The molecule has 2 unspecified atom stereocenters. The molecule has 0 radical (unpaired) electrons. The molecular formula is C15H19NO2S. The highest BCUT2D eigenvalue weighted by Crippen LogP contribution is 2.30. The summed E-state index contributed by atoms with van der Waals surface area (Å²) < 4.78 is 11.2. The third kappa shape index (κ3) is 3.49. The maximum Gasteiger partial charge on any atom is 0.148 e. The molecule has 1 aromatic heterocycles. The largest absolute Gasteiger partial charge is 0.497 e. The Morgan fingerprint density at radius 3 is 2.47 bits per heavy atom. The van der Waals surface area contributed by atoms with Crippen molar-refractivity contribution in [3.8, 4) is 11.5 Å². The number of thiophene rings is 1. The summed E-state index contributed by atoms with van der Waals surface area (Å²) in [6.07, 6.45) is -0.134. The Kier molecular flexibility index (Phi) is 4.45. The molecule has 2 N–H and O–H groups in total. The Morgan fingerprint density at radius 1 is 1.16 bits per heavy atom. The molecule has 3 nitrogen and oxygen atoms in total.